The van der Waals surface area contributed by atoms with Crippen LogP contribution in [0.3, 0.4) is 0 Å². The number of alkyl halides is 3. The van der Waals surface area contributed by atoms with Gasteiger partial charge in [-0.3, -0.25) is 14.3 Å². The van der Waals surface area contributed by atoms with Gasteiger partial charge < -0.3 is 15.4 Å². The number of halogens is 3. The molecule has 0 unspecified atom stereocenters. The molecule has 0 saturated carbocycles. The van der Waals surface area contributed by atoms with Crippen LogP contribution >= 0.6 is 0 Å². The van der Waals surface area contributed by atoms with E-state index in [1.165, 1.54) is 29.9 Å². The Balaban J connectivity index is 1.52. The molecule has 43 heavy (non-hydrogen) atoms. The fraction of sp³-hybridized carbons (Fsp3) is 0.200. The van der Waals surface area contributed by atoms with Gasteiger partial charge in [0.2, 0.25) is 5.95 Å². The van der Waals surface area contributed by atoms with Gasteiger partial charge in [-0.2, -0.15) is 23.1 Å². The lowest BCUT2D eigenvalue weighted by Gasteiger charge is -2.16. The third-order valence-electron chi connectivity index (χ3n) is 6.64. The second-order valence-corrected chi connectivity index (χ2v) is 9.62. The molecule has 0 bridgehead atoms. The molecule has 2 N–H and O–H groups in total. The first-order chi connectivity index (χ1) is 20.5. The highest BCUT2D eigenvalue weighted by atomic mass is 19.4. The van der Waals surface area contributed by atoms with Gasteiger partial charge in [0.25, 0.3) is 5.91 Å². The Kier molecular flexibility index (Phi) is 7.81. The minimum atomic E-state index is -4.60. The fourth-order valence-corrected chi connectivity index (χ4v) is 4.59. The van der Waals surface area contributed by atoms with E-state index in [0.29, 0.717) is 34.6 Å². The number of methoxy groups -OCH3 is 1. The maximum atomic E-state index is 13.4. The Morgan fingerprint density at radius 1 is 1.02 bits per heavy atom. The number of pyridine rings is 1. The first-order valence-corrected chi connectivity index (χ1v) is 13.1. The highest BCUT2D eigenvalue weighted by molar-refractivity contribution is 6.04. The quantitative estimate of drug-likeness (QED) is 0.245. The molecule has 0 saturated heterocycles. The van der Waals surface area contributed by atoms with Gasteiger partial charge in [0, 0.05) is 41.0 Å². The molecule has 0 aliphatic heterocycles. The first kappa shape index (κ1) is 29.2. The molecule has 0 spiro atoms. The normalized spacial score (nSPS) is 11.4. The molecule has 1 amide bonds. The molecule has 3 aromatic heterocycles. The molecular formula is C30H26F3N7O3. The van der Waals surface area contributed by atoms with Gasteiger partial charge in [-0.1, -0.05) is 13.0 Å². The van der Waals surface area contributed by atoms with Crippen LogP contribution in [0.5, 0.6) is 5.75 Å². The predicted molar refractivity (Wildman–Crippen MR) is 155 cm³/mol. The molecule has 0 fully saturated rings. The second-order valence-electron chi connectivity index (χ2n) is 9.62. The third-order valence-corrected chi connectivity index (χ3v) is 6.64. The average Bonchev–Trinajstić information content (AvgIpc) is 2.97. The molecule has 0 aliphatic rings. The minimum absolute atomic E-state index is 0.184. The Morgan fingerprint density at radius 2 is 1.81 bits per heavy atom. The van der Waals surface area contributed by atoms with E-state index in [2.05, 4.69) is 30.6 Å². The number of nitrogens with zero attached hydrogens (tertiary/aromatic N) is 5. The van der Waals surface area contributed by atoms with Crippen LogP contribution < -0.4 is 21.1 Å². The number of amides is 1. The summed E-state index contributed by atoms with van der Waals surface area (Å²) < 4.78 is 46.2. The standard InChI is InChI=1S/C30H26F3N7O3/c1-5-25-23-15-34-28(37-24-10-9-16(2)35-17(24)3)38-26(23)39-29(42)40(25)21-12-20(13-22(14-21)43-4)36-27(41)18-7-6-8-19(11-18)30(31,32)33/h6-15H,5H2,1-4H3,(H,36,41)(H,37,38,39,42). The number of hydrogen-bond donors (Lipinski definition) is 2. The van der Waals surface area contributed by atoms with E-state index < -0.39 is 23.3 Å². The molecule has 0 atom stereocenters. The van der Waals surface area contributed by atoms with Gasteiger partial charge in [-0.25, -0.2) is 9.78 Å². The lowest BCUT2D eigenvalue weighted by atomic mass is 10.1. The molecule has 0 radical (unpaired) electrons. The van der Waals surface area contributed by atoms with Gasteiger partial charge in [-0.15, -0.1) is 0 Å². The maximum absolute atomic E-state index is 13.4. The van der Waals surface area contributed by atoms with Crippen molar-refractivity contribution in [1.82, 2.24) is 24.5 Å². The van der Waals surface area contributed by atoms with Crippen LogP contribution in [0.2, 0.25) is 0 Å². The van der Waals surface area contributed by atoms with Crippen LogP contribution in [0.15, 0.2) is 65.6 Å². The molecular weight excluding hydrogens is 563 g/mol. The highest BCUT2D eigenvalue weighted by Crippen LogP contribution is 2.30. The van der Waals surface area contributed by atoms with Crippen LogP contribution in [0.4, 0.5) is 30.5 Å². The number of ether oxygens (including phenoxy) is 1. The van der Waals surface area contributed by atoms with Crippen LogP contribution in [-0.4, -0.2) is 37.5 Å². The van der Waals surface area contributed by atoms with Crippen molar-refractivity contribution in [2.24, 2.45) is 0 Å². The van der Waals surface area contributed by atoms with Crippen LogP contribution in [0.25, 0.3) is 16.7 Å². The first-order valence-electron chi connectivity index (χ1n) is 13.1. The number of nitrogens with one attached hydrogen (secondary N) is 2. The summed E-state index contributed by atoms with van der Waals surface area (Å²) in [5, 5.41) is 6.23. The topological polar surface area (TPSA) is 124 Å². The maximum Gasteiger partial charge on any atom is 0.416 e. The SMILES string of the molecule is CCc1c2cnc(Nc3ccc(C)nc3C)nc2nc(=O)n1-c1cc(NC(=O)c2cccc(C(F)(F)F)c2)cc(OC)c1. The summed E-state index contributed by atoms with van der Waals surface area (Å²) in [6, 6.07) is 12.4. The largest absolute Gasteiger partial charge is 0.497 e. The van der Waals surface area contributed by atoms with E-state index in [9.17, 15) is 22.8 Å². The summed E-state index contributed by atoms with van der Waals surface area (Å²) in [4.78, 5) is 43.7. The predicted octanol–water partition coefficient (Wildman–Crippen LogP) is 5.77. The van der Waals surface area contributed by atoms with E-state index in [0.717, 1.165) is 29.6 Å². The van der Waals surface area contributed by atoms with Gasteiger partial charge in [0.1, 0.15) is 5.75 Å². The summed E-state index contributed by atoms with van der Waals surface area (Å²) >= 11 is 0. The van der Waals surface area contributed by atoms with Gasteiger partial charge in [0.05, 0.1) is 35.1 Å². The molecule has 2 aromatic carbocycles. The van der Waals surface area contributed by atoms with Crippen molar-refractivity contribution in [3.05, 3.63) is 99.5 Å². The summed E-state index contributed by atoms with van der Waals surface area (Å²) in [7, 11) is 1.41. The molecule has 10 nitrogen and oxygen atoms in total. The lowest BCUT2D eigenvalue weighted by molar-refractivity contribution is -0.137. The van der Waals surface area contributed by atoms with E-state index >= 15 is 0 Å². The zero-order valence-corrected chi connectivity index (χ0v) is 23.6. The molecule has 13 heteroatoms. The van der Waals surface area contributed by atoms with Crippen molar-refractivity contribution in [2.45, 2.75) is 33.4 Å². The van der Waals surface area contributed by atoms with Gasteiger partial charge in [0.15, 0.2) is 5.65 Å². The summed E-state index contributed by atoms with van der Waals surface area (Å²) in [6.45, 7) is 5.60. The Hall–Kier alpha value is -5.33. The van der Waals surface area contributed by atoms with E-state index in [1.807, 2.05) is 32.9 Å². The number of aromatic nitrogens is 5. The zero-order valence-electron chi connectivity index (χ0n) is 23.6. The summed E-state index contributed by atoms with van der Waals surface area (Å²) in [5.41, 5.74) is 1.84. The van der Waals surface area contributed by atoms with Crippen LogP contribution in [-0.2, 0) is 12.6 Å². The van der Waals surface area contributed by atoms with Crippen molar-refractivity contribution >= 4 is 34.3 Å². The molecule has 3 heterocycles. The van der Waals surface area contributed by atoms with Crippen molar-refractivity contribution < 1.29 is 22.7 Å². The molecule has 220 valence electrons. The third kappa shape index (κ3) is 6.15. The Labute approximate surface area is 243 Å². The average molecular weight is 590 g/mol. The fourth-order valence-electron chi connectivity index (χ4n) is 4.59. The number of anilines is 3. The number of hydrogen-bond acceptors (Lipinski definition) is 8. The molecule has 5 rings (SSSR count). The smallest absolute Gasteiger partial charge is 0.416 e. The van der Waals surface area contributed by atoms with Crippen molar-refractivity contribution in [1.29, 1.82) is 0 Å². The Bertz CT molecular complexity index is 1920. The van der Waals surface area contributed by atoms with Crippen LogP contribution in [0, 0.1) is 13.8 Å². The minimum Gasteiger partial charge on any atom is -0.497 e. The van der Waals surface area contributed by atoms with E-state index in [1.54, 1.807) is 12.3 Å². The number of rotatable bonds is 7. The monoisotopic (exact) mass is 589 g/mol. The summed E-state index contributed by atoms with van der Waals surface area (Å²) in [6.07, 6.45) is -2.63. The summed E-state index contributed by atoms with van der Waals surface area (Å²) in [5.74, 6) is -0.227. The van der Waals surface area contributed by atoms with E-state index in [4.69, 9.17) is 4.74 Å². The van der Waals surface area contributed by atoms with Gasteiger partial charge >= 0.3 is 11.9 Å². The number of aryl methyl sites for hydroxylation is 3. The zero-order chi connectivity index (χ0) is 30.9. The van der Waals surface area contributed by atoms with Crippen molar-refractivity contribution in [3.63, 3.8) is 0 Å². The van der Waals surface area contributed by atoms with E-state index in [-0.39, 0.29) is 22.8 Å². The Morgan fingerprint density at radius 3 is 2.51 bits per heavy atom. The highest BCUT2D eigenvalue weighted by Gasteiger charge is 2.31. The number of carbonyl (C=O) groups excluding carboxylic acids is 1. The van der Waals surface area contributed by atoms with Crippen molar-refractivity contribution in [2.75, 3.05) is 17.7 Å². The number of benzene rings is 2. The molecule has 5 aromatic rings. The van der Waals surface area contributed by atoms with Crippen molar-refractivity contribution in [3.8, 4) is 11.4 Å². The lowest BCUT2D eigenvalue weighted by Crippen LogP contribution is -2.25. The second kappa shape index (κ2) is 11.5. The molecule has 0 aliphatic carbocycles. The van der Waals surface area contributed by atoms with Crippen LogP contribution in [0.1, 0.15) is 39.9 Å². The number of carbonyl (C=O) groups is 1. The van der Waals surface area contributed by atoms with Gasteiger partial charge in [-0.05, 0) is 56.7 Å². The number of fused-ring (bicyclic) bond motifs is 1.